The zero-order valence-corrected chi connectivity index (χ0v) is 10.9. The molecule has 0 bridgehead atoms. The monoisotopic (exact) mass is 276 g/mol. The van der Waals surface area contributed by atoms with E-state index in [1.807, 2.05) is 13.8 Å². The van der Waals surface area contributed by atoms with E-state index in [9.17, 15) is 14.9 Å². The number of rotatable bonds is 4. The minimum atomic E-state index is -1.19. The van der Waals surface area contributed by atoms with Crippen LogP contribution < -0.4 is 0 Å². The Morgan fingerprint density at radius 1 is 1.35 bits per heavy atom. The van der Waals surface area contributed by atoms with E-state index in [2.05, 4.69) is 4.98 Å². The number of oxazole rings is 1. The van der Waals surface area contributed by atoms with Gasteiger partial charge in [0, 0.05) is 17.7 Å². The molecule has 0 spiro atoms. The average molecular weight is 276 g/mol. The maximum atomic E-state index is 11.1. The van der Waals surface area contributed by atoms with E-state index >= 15 is 0 Å². The van der Waals surface area contributed by atoms with Crippen LogP contribution in [-0.4, -0.2) is 21.0 Å². The van der Waals surface area contributed by atoms with E-state index in [0.717, 1.165) is 0 Å². The number of carboxylic acid groups (broad SMARTS) is 1. The predicted octanol–water partition coefficient (Wildman–Crippen LogP) is 3.07. The molecule has 0 aliphatic heterocycles. The van der Waals surface area contributed by atoms with Gasteiger partial charge in [0.1, 0.15) is 0 Å². The SMILES string of the molecule is CC(C)c1nc(-c2ccc([N+](=O)[O-])cc2)oc1C(=O)O. The molecule has 0 aliphatic carbocycles. The number of aromatic carboxylic acids is 1. The molecule has 20 heavy (non-hydrogen) atoms. The standard InChI is InChI=1S/C13H12N2O5/c1-7(2)10-11(13(16)17)20-12(14-10)8-3-5-9(6-4-8)15(18)19/h3-7H,1-2H3,(H,16,17). The Morgan fingerprint density at radius 2 is 1.95 bits per heavy atom. The Labute approximate surface area is 114 Å². The van der Waals surface area contributed by atoms with Gasteiger partial charge in [-0.2, -0.15) is 0 Å². The van der Waals surface area contributed by atoms with Gasteiger partial charge in [-0.3, -0.25) is 10.1 Å². The van der Waals surface area contributed by atoms with Crippen molar-refractivity contribution in [3.63, 3.8) is 0 Å². The van der Waals surface area contributed by atoms with Crippen molar-refractivity contribution >= 4 is 11.7 Å². The van der Waals surface area contributed by atoms with Crippen molar-refractivity contribution in [3.8, 4) is 11.5 Å². The number of benzene rings is 1. The molecule has 7 heteroatoms. The van der Waals surface area contributed by atoms with E-state index in [-0.39, 0.29) is 23.3 Å². The normalized spacial score (nSPS) is 10.8. The number of nitro benzene ring substituents is 1. The first-order valence-corrected chi connectivity index (χ1v) is 5.89. The summed E-state index contributed by atoms with van der Waals surface area (Å²) in [4.78, 5) is 25.3. The topological polar surface area (TPSA) is 106 Å². The third-order valence-electron chi connectivity index (χ3n) is 2.72. The van der Waals surface area contributed by atoms with Crippen molar-refractivity contribution in [2.75, 3.05) is 0 Å². The number of hydrogen-bond donors (Lipinski definition) is 1. The van der Waals surface area contributed by atoms with Crippen LogP contribution in [0, 0.1) is 10.1 Å². The zero-order valence-electron chi connectivity index (χ0n) is 10.9. The van der Waals surface area contributed by atoms with Gasteiger partial charge in [0.2, 0.25) is 11.7 Å². The second-order valence-electron chi connectivity index (χ2n) is 4.50. The number of carboxylic acids is 1. The van der Waals surface area contributed by atoms with Gasteiger partial charge >= 0.3 is 5.97 Å². The highest BCUT2D eigenvalue weighted by Gasteiger charge is 2.22. The summed E-state index contributed by atoms with van der Waals surface area (Å²) in [6.45, 7) is 3.62. The lowest BCUT2D eigenvalue weighted by molar-refractivity contribution is -0.384. The zero-order chi connectivity index (χ0) is 14.9. The van der Waals surface area contributed by atoms with Crippen LogP contribution in [0.1, 0.15) is 36.0 Å². The molecule has 1 heterocycles. The molecule has 104 valence electrons. The van der Waals surface area contributed by atoms with E-state index < -0.39 is 10.9 Å². The fourth-order valence-corrected chi connectivity index (χ4v) is 1.73. The van der Waals surface area contributed by atoms with Crippen LogP contribution in [0.25, 0.3) is 11.5 Å². The van der Waals surface area contributed by atoms with Crippen LogP contribution in [0.3, 0.4) is 0 Å². The lowest BCUT2D eigenvalue weighted by atomic mass is 10.1. The fraction of sp³-hybridized carbons (Fsp3) is 0.231. The molecule has 1 aromatic carbocycles. The summed E-state index contributed by atoms with van der Waals surface area (Å²) >= 11 is 0. The highest BCUT2D eigenvalue weighted by Crippen LogP contribution is 2.27. The average Bonchev–Trinajstić information content (AvgIpc) is 2.84. The highest BCUT2D eigenvalue weighted by molar-refractivity contribution is 5.86. The van der Waals surface area contributed by atoms with Gasteiger partial charge in [-0.05, 0) is 18.1 Å². The fourth-order valence-electron chi connectivity index (χ4n) is 1.73. The molecule has 0 unspecified atom stereocenters. The van der Waals surface area contributed by atoms with Crippen LogP contribution in [0.2, 0.25) is 0 Å². The molecule has 7 nitrogen and oxygen atoms in total. The maximum absolute atomic E-state index is 11.1. The molecule has 2 aromatic rings. The highest BCUT2D eigenvalue weighted by atomic mass is 16.6. The van der Waals surface area contributed by atoms with E-state index in [4.69, 9.17) is 9.52 Å². The van der Waals surface area contributed by atoms with Gasteiger partial charge < -0.3 is 9.52 Å². The Balaban J connectivity index is 2.45. The molecule has 0 saturated carbocycles. The lowest BCUT2D eigenvalue weighted by Crippen LogP contribution is -2.01. The Hall–Kier alpha value is -2.70. The minimum absolute atomic E-state index is 0.0529. The number of nitrogens with zero attached hydrogens (tertiary/aromatic N) is 2. The number of nitro groups is 1. The maximum Gasteiger partial charge on any atom is 0.373 e. The molecular weight excluding hydrogens is 264 g/mol. The summed E-state index contributed by atoms with van der Waals surface area (Å²) in [6.07, 6.45) is 0. The number of carbonyl (C=O) groups is 1. The van der Waals surface area contributed by atoms with Crippen LogP contribution in [-0.2, 0) is 0 Å². The first kappa shape index (κ1) is 13.7. The van der Waals surface area contributed by atoms with Crippen LogP contribution in [0.5, 0.6) is 0 Å². The second-order valence-corrected chi connectivity index (χ2v) is 4.50. The molecule has 0 saturated heterocycles. The van der Waals surface area contributed by atoms with Gasteiger partial charge in [-0.1, -0.05) is 13.8 Å². The molecule has 0 radical (unpaired) electrons. The summed E-state index contributed by atoms with van der Waals surface area (Å²) in [5, 5.41) is 19.6. The largest absolute Gasteiger partial charge is 0.475 e. The Bertz CT molecular complexity index is 658. The van der Waals surface area contributed by atoms with Crippen molar-refractivity contribution < 1.29 is 19.2 Å². The second kappa shape index (κ2) is 5.12. The summed E-state index contributed by atoms with van der Waals surface area (Å²) in [7, 11) is 0. The molecule has 1 aromatic heterocycles. The van der Waals surface area contributed by atoms with Crippen LogP contribution >= 0.6 is 0 Å². The number of hydrogen-bond acceptors (Lipinski definition) is 5. The van der Waals surface area contributed by atoms with Crippen LogP contribution in [0.4, 0.5) is 5.69 Å². The first-order valence-electron chi connectivity index (χ1n) is 5.89. The summed E-state index contributed by atoms with van der Waals surface area (Å²) < 4.78 is 5.24. The first-order chi connectivity index (χ1) is 9.40. The summed E-state index contributed by atoms with van der Waals surface area (Å²) in [5.74, 6) is -1.35. The summed E-state index contributed by atoms with van der Waals surface area (Å²) in [6, 6.07) is 5.57. The van der Waals surface area contributed by atoms with Crippen LogP contribution in [0.15, 0.2) is 28.7 Å². The van der Waals surface area contributed by atoms with Gasteiger partial charge in [-0.15, -0.1) is 0 Å². The quantitative estimate of drug-likeness (QED) is 0.679. The molecule has 0 atom stereocenters. The minimum Gasteiger partial charge on any atom is -0.475 e. The van der Waals surface area contributed by atoms with Crippen molar-refractivity contribution in [1.29, 1.82) is 0 Å². The van der Waals surface area contributed by atoms with Crippen molar-refractivity contribution in [1.82, 2.24) is 4.98 Å². The van der Waals surface area contributed by atoms with Crippen molar-refractivity contribution in [3.05, 3.63) is 45.8 Å². The third kappa shape index (κ3) is 2.51. The predicted molar refractivity (Wildman–Crippen MR) is 69.6 cm³/mol. The molecule has 0 amide bonds. The number of aromatic nitrogens is 1. The van der Waals surface area contributed by atoms with E-state index in [1.54, 1.807) is 0 Å². The van der Waals surface area contributed by atoms with E-state index in [1.165, 1.54) is 24.3 Å². The molecule has 2 rings (SSSR count). The Kier molecular flexibility index (Phi) is 3.51. The van der Waals surface area contributed by atoms with Gasteiger partial charge in [0.25, 0.3) is 5.69 Å². The van der Waals surface area contributed by atoms with Gasteiger partial charge in [-0.25, -0.2) is 9.78 Å². The van der Waals surface area contributed by atoms with Gasteiger partial charge in [0.05, 0.1) is 10.6 Å². The number of non-ortho nitro benzene ring substituents is 1. The third-order valence-corrected chi connectivity index (χ3v) is 2.72. The Morgan fingerprint density at radius 3 is 2.35 bits per heavy atom. The van der Waals surface area contributed by atoms with Gasteiger partial charge in [0.15, 0.2) is 0 Å². The lowest BCUT2D eigenvalue weighted by Gasteiger charge is -1.98. The molecule has 1 N–H and O–H groups in total. The van der Waals surface area contributed by atoms with E-state index in [0.29, 0.717) is 11.3 Å². The smallest absolute Gasteiger partial charge is 0.373 e. The van der Waals surface area contributed by atoms with Crippen molar-refractivity contribution in [2.24, 2.45) is 0 Å². The molecule has 0 fully saturated rings. The molecule has 0 aliphatic rings. The summed E-state index contributed by atoms with van der Waals surface area (Å²) in [5.41, 5.74) is 0.790. The van der Waals surface area contributed by atoms with Crippen molar-refractivity contribution in [2.45, 2.75) is 19.8 Å². The molecular formula is C13H12N2O5.